The summed E-state index contributed by atoms with van der Waals surface area (Å²) >= 11 is 14.2. The Morgan fingerprint density at radius 3 is 2.43 bits per heavy atom. The quantitative estimate of drug-likeness (QED) is 0.139. The standard InChI is InChI=1S/C35H37Cl2N3O6S/c1-40-15-7-10-24(40)21-45-35(42)33(22-8-5-4-6-9-22)39-18-25-12-14-32(47-25)34(41)46-30(17-26-27(36)19-38-20-28(26)37)23-11-13-29(43-2)31(16-23)44-3/h4-6,8-9,11-14,16,19-20,24,30,33,39H,7,10,15,17-18,21H2,1-3H3/t24-,30-,33?/m0/s1. The molecule has 0 spiro atoms. The van der Waals surface area contributed by atoms with E-state index >= 15 is 0 Å². The first kappa shape index (κ1) is 34.7. The van der Waals surface area contributed by atoms with Gasteiger partial charge in [-0.05, 0) is 67.4 Å². The van der Waals surface area contributed by atoms with E-state index < -0.39 is 18.1 Å². The minimum atomic E-state index is -0.750. The molecule has 9 nitrogen and oxygen atoms in total. The van der Waals surface area contributed by atoms with Gasteiger partial charge in [0.15, 0.2) is 11.5 Å². The largest absolute Gasteiger partial charge is 0.493 e. The van der Waals surface area contributed by atoms with Crippen molar-refractivity contribution in [3.05, 3.63) is 110 Å². The number of pyridine rings is 1. The molecule has 3 atom stereocenters. The highest BCUT2D eigenvalue weighted by atomic mass is 35.5. The number of likely N-dealkylation sites (N-methyl/N-ethyl adjacent to an activating group) is 1. The van der Waals surface area contributed by atoms with Crippen LogP contribution in [0.4, 0.5) is 0 Å². The van der Waals surface area contributed by atoms with Crippen molar-refractivity contribution in [1.82, 2.24) is 15.2 Å². The van der Waals surface area contributed by atoms with Gasteiger partial charge in [-0.3, -0.25) is 10.3 Å². The molecule has 1 aliphatic rings. The lowest BCUT2D eigenvalue weighted by Gasteiger charge is -2.22. The molecule has 2 aromatic heterocycles. The summed E-state index contributed by atoms with van der Waals surface area (Å²) in [5.74, 6) is 0.186. The van der Waals surface area contributed by atoms with Gasteiger partial charge >= 0.3 is 11.9 Å². The van der Waals surface area contributed by atoms with Gasteiger partial charge in [-0.1, -0.05) is 59.6 Å². The molecule has 1 aliphatic heterocycles. The lowest BCUT2D eigenvalue weighted by Crippen LogP contribution is -2.34. The number of aromatic nitrogens is 1. The molecule has 4 aromatic rings. The number of carbonyl (C=O) groups is 2. The van der Waals surface area contributed by atoms with Crippen molar-refractivity contribution in [2.75, 3.05) is 34.4 Å². The number of hydrogen-bond donors (Lipinski definition) is 1. The number of likely N-dealkylation sites (tertiary alicyclic amines) is 1. The van der Waals surface area contributed by atoms with E-state index in [1.807, 2.05) is 36.4 Å². The molecule has 2 aromatic carbocycles. The van der Waals surface area contributed by atoms with Crippen LogP contribution in [0.3, 0.4) is 0 Å². The van der Waals surface area contributed by atoms with Crippen molar-refractivity contribution >= 4 is 46.5 Å². The van der Waals surface area contributed by atoms with Crippen LogP contribution in [0.2, 0.25) is 10.0 Å². The summed E-state index contributed by atoms with van der Waals surface area (Å²) < 4.78 is 22.7. The van der Waals surface area contributed by atoms with Gasteiger partial charge in [0.1, 0.15) is 23.6 Å². The fourth-order valence-electron chi connectivity index (χ4n) is 5.51. The van der Waals surface area contributed by atoms with Crippen molar-refractivity contribution in [3.8, 4) is 11.5 Å². The zero-order chi connectivity index (χ0) is 33.3. The number of esters is 2. The van der Waals surface area contributed by atoms with Gasteiger partial charge in [0.25, 0.3) is 0 Å². The highest BCUT2D eigenvalue weighted by molar-refractivity contribution is 7.13. The zero-order valence-corrected chi connectivity index (χ0v) is 28.7. The van der Waals surface area contributed by atoms with Crippen molar-refractivity contribution in [3.63, 3.8) is 0 Å². The first-order valence-electron chi connectivity index (χ1n) is 15.2. The van der Waals surface area contributed by atoms with Gasteiger partial charge < -0.3 is 23.8 Å². The van der Waals surface area contributed by atoms with Crippen LogP contribution in [-0.2, 0) is 27.2 Å². The monoisotopic (exact) mass is 697 g/mol. The summed E-state index contributed by atoms with van der Waals surface area (Å²) in [6.07, 6.45) is 4.57. The van der Waals surface area contributed by atoms with Crippen LogP contribution in [0, 0.1) is 0 Å². The van der Waals surface area contributed by atoms with E-state index in [0.717, 1.165) is 29.8 Å². The molecule has 248 valence electrons. The Bertz CT molecular complexity index is 1650. The number of benzene rings is 2. The number of hydrogen-bond acceptors (Lipinski definition) is 10. The highest BCUT2D eigenvalue weighted by Crippen LogP contribution is 2.36. The number of halogens is 2. The van der Waals surface area contributed by atoms with E-state index in [4.69, 9.17) is 42.1 Å². The van der Waals surface area contributed by atoms with E-state index in [0.29, 0.717) is 50.7 Å². The summed E-state index contributed by atoms with van der Waals surface area (Å²) in [7, 11) is 5.14. The molecule has 47 heavy (non-hydrogen) atoms. The maximum absolute atomic E-state index is 13.5. The Kier molecular flexibility index (Phi) is 12.1. The van der Waals surface area contributed by atoms with Crippen molar-refractivity contribution < 1.29 is 28.5 Å². The summed E-state index contributed by atoms with van der Waals surface area (Å²) in [6.45, 7) is 1.70. The molecule has 12 heteroatoms. The number of nitrogens with one attached hydrogen (secondary N) is 1. The fourth-order valence-corrected chi connectivity index (χ4v) is 6.87. The molecule has 3 heterocycles. The second-order valence-corrected chi connectivity index (χ2v) is 13.2. The Hall–Kier alpha value is -3.67. The van der Waals surface area contributed by atoms with Crippen LogP contribution >= 0.6 is 34.5 Å². The van der Waals surface area contributed by atoms with E-state index in [2.05, 4.69) is 22.2 Å². The van der Waals surface area contributed by atoms with Crippen LogP contribution in [-0.4, -0.2) is 62.3 Å². The molecule has 1 unspecified atom stereocenters. The van der Waals surface area contributed by atoms with Gasteiger partial charge in [0.2, 0.25) is 0 Å². The van der Waals surface area contributed by atoms with E-state index in [-0.39, 0.29) is 18.4 Å². The van der Waals surface area contributed by atoms with Crippen molar-refractivity contribution in [2.45, 2.75) is 44.0 Å². The van der Waals surface area contributed by atoms with Gasteiger partial charge in [0, 0.05) is 36.3 Å². The Balaban J connectivity index is 1.30. The van der Waals surface area contributed by atoms with Gasteiger partial charge in [-0.25, -0.2) is 9.59 Å². The summed E-state index contributed by atoms with van der Waals surface area (Å²) in [5.41, 5.74) is 2.08. The number of carbonyl (C=O) groups excluding carboxylic acids is 2. The molecule has 1 fully saturated rings. The van der Waals surface area contributed by atoms with Gasteiger partial charge in [-0.2, -0.15) is 0 Å². The maximum Gasteiger partial charge on any atom is 0.348 e. The smallest absolute Gasteiger partial charge is 0.348 e. The molecule has 5 rings (SSSR count). The second kappa shape index (κ2) is 16.4. The molecule has 1 saturated heterocycles. The first-order chi connectivity index (χ1) is 22.8. The van der Waals surface area contributed by atoms with Crippen LogP contribution < -0.4 is 14.8 Å². The maximum atomic E-state index is 13.5. The number of nitrogens with zero attached hydrogens (tertiary/aromatic N) is 2. The minimum absolute atomic E-state index is 0.207. The topological polar surface area (TPSA) is 99.2 Å². The van der Waals surface area contributed by atoms with Crippen LogP contribution in [0.1, 0.15) is 56.2 Å². The van der Waals surface area contributed by atoms with Crippen molar-refractivity contribution in [2.24, 2.45) is 0 Å². The molecular weight excluding hydrogens is 661 g/mol. The first-order valence-corrected chi connectivity index (χ1v) is 16.8. The number of thiophene rings is 1. The minimum Gasteiger partial charge on any atom is -0.493 e. The summed E-state index contributed by atoms with van der Waals surface area (Å²) in [5, 5.41) is 4.07. The molecule has 0 radical (unpaired) electrons. The normalized spacial score (nSPS) is 16.0. The molecule has 1 N–H and O–H groups in total. The Labute approximate surface area is 288 Å². The SMILES string of the molecule is COc1ccc([C@H](Cc2c(Cl)cncc2Cl)OC(=O)c2ccc(CNC(C(=O)OC[C@@H]3CCCN3C)c3ccccc3)s2)cc1OC. The number of methoxy groups -OCH3 is 2. The molecule has 0 bridgehead atoms. The molecule has 0 saturated carbocycles. The predicted molar refractivity (Wildman–Crippen MR) is 183 cm³/mol. The number of ether oxygens (including phenoxy) is 4. The Morgan fingerprint density at radius 1 is 1.00 bits per heavy atom. The molecule has 0 amide bonds. The van der Waals surface area contributed by atoms with Crippen molar-refractivity contribution in [1.29, 1.82) is 0 Å². The molecule has 0 aliphatic carbocycles. The second-order valence-electron chi connectivity index (χ2n) is 11.2. The lowest BCUT2D eigenvalue weighted by molar-refractivity contribution is -0.147. The number of rotatable bonds is 14. The van der Waals surface area contributed by atoms with Gasteiger partial charge in [0.05, 0.1) is 24.3 Å². The average Bonchev–Trinajstić information content (AvgIpc) is 3.74. The Morgan fingerprint density at radius 2 is 1.74 bits per heavy atom. The predicted octanol–water partition coefficient (Wildman–Crippen LogP) is 7.08. The third-order valence-corrected chi connectivity index (χ3v) is 9.89. The third kappa shape index (κ3) is 8.82. The average molecular weight is 699 g/mol. The fraction of sp³-hybridized carbons (Fsp3) is 0.343. The van der Waals surface area contributed by atoms with Crippen LogP contribution in [0.15, 0.2) is 73.1 Å². The van der Waals surface area contributed by atoms with E-state index in [9.17, 15) is 9.59 Å². The summed E-state index contributed by atoms with van der Waals surface area (Å²) in [4.78, 5) is 34.3. The zero-order valence-electron chi connectivity index (χ0n) is 26.4. The molecular formula is C35H37Cl2N3O6S. The van der Waals surface area contributed by atoms with Crippen LogP contribution in [0.25, 0.3) is 0 Å². The summed E-state index contributed by atoms with van der Waals surface area (Å²) in [6, 6.07) is 17.9. The highest BCUT2D eigenvalue weighted by Gasteiger charge is 2.27. The lowest BCUT2D eigenvalue weighted by atomic mass is 10.0. The van der Waals surface area contributed by atoms with E-state index in [1.54, 1.807) is 31.4 Å². The third-order valence-electron chi connectivity index (χ3n) is 8.17. The van der Waals surface area contributed by atoms with Crippen LogP contribution in [0.5, 0.6) is 11.5 Å². The van der Waals surface area contributed by atoms with Gasteiger partial charge in [-0.15, -0.1) is 11.3 Å². The van der Waals surface area contributed by atoms with E-state index in [1.165, 1.54) is 30.8 Å².